The Bertz CT molecular complexity index is 390. The second kappa shape index (κ2) is 8.93. The zero-order valence-corrected chi connectivity index (χ0v) is 13.9. The number of nitrogens with two attached hydrogens (primary N) is 1. The van der Waals surface area contributed by atoms with E-state index in [-0.39, 0.29) is 6.04 Å². The average Bonchev–Trinajstić information content (AvgIpc) is 2.39. The van der Waals surface area contributed by atoms with Crippen molar-refractivity contribution in [2.75, 3.05) is 32.8 Å². The van der Waals surface area contributed by atoms with E-state index in [0.717, 1.165) is 41.4 Å². The van der Waals surface area contributed by atoms with Crippen LogP contribution < -0.4 is 5.73 Å². The van der Waals surface area contributed by atoms with Crippen molar-refractivity contribution in [1.29, 1.82) is 0 Å². The van der Waals surface area contributed by atoms with Gasteiger partial charge >= 0.3 is 0 Å². The highest BCUT2D eigenvalue weighted by Crippen LogP contribution is 2.29. The number of nitrogens with zero attached hydrogens (tertiary/aromatic N) is 1. The Hall–Kier alpha value is -0.130. The first kappa shape index (κ1) is 16.9. The molecule has 1 aromatic rings. The van der Waals surface area contributed by atoms with Crippen LogP contribution in [0.3, 0.4) is 0 Å². The molecule has 0 aliphatic rings. The Morgan fingerprint density at radius 3 is 2.68 bits per heavy atom. The standard InChI is InChI=1S/C14H22BrClN2O/c1-3-18(7-8-19-4-2)14(10-17)12-6-5-11(15)9-13(12)16/h5-6,9,14H,3-4,7-8,10,17H2,1-2H3. The van der Waals surface area contributed by atoms with Crippen molar-refractivity contribution in [2.24, 2.45) is 5.73 Å². The monoisotopic (exact) mass is 348 g/mol. The van der Waals surface area contributed by atoms with Crippen LogP contribution in [0.25, 0.3) is 0 Å². The van der Waals surface area contributed by atoms with Crippen LogP contribution in [0.5, 0.6) is 0 Å². The van der Waals surface area contributed by atoms with Gasteiger partial charge in [0.15, 0.2) is 0 Å². The van der Waals surface area contributed by atoms with E-state index in [0.29, 0.717) is 6.54 Å². The summed E-state index contributed by atoms with van der Waals surface area (Å²) in [5.41, 5.74) is 7.01. The molecule has 0 aliphatic carbocycles. The van der Waals surface area contributed by atoms with Gasteiger partial charge in [0, 0.05) is 35.2 Å². The minimum absolute atomic E-state index is 0.131. The first-order valence-corrected chi connectivity index (χ1v) is 7.77. The lowest BCUT2D eigenvalue weighted by Gasteiger charge is -2.30. The molecule has 0 radical (unpaired) electrons. The Balaban J connectivity index is 2.84. The summed E-state index contributed by atoms with van der Waals surface area (Å²) in [4.78, 5) is 2.30. The van der Waals surface area contributed by atoms with Gasteiger partial charge in [0.2, 0.25) is 0 Å². The Morgan fingerprint density at radius 1 is 1.42 bits per heavy atom. The third-order valence-corrected chi connectivity index (χ3v) is 3.94. The highest BCUT2D eigenvalue weighted by atomic mass is 79.9. The average molecular weight is 350 g/mol. The molecule has 19 heavy (non-hydrogen) atoms. The molecular weight excluding hydrogens is 328 g/mol. The van der Waals surface area contributed by atoms with Gasteiger partial charge in [-0.15, -0.1) is 0 Å². The number of ether oxygens (including phenoxy) is 1. The van der Waals surface area contributed by atoms with Crippen LogP contribution in [-0.4, -0.2) is 37.7 Å². The van der Waals surface area contributed by atoms with Gasteiger partial charge in [0.25, 0.3) is 0 Å². The van der Waals surface area contributed by atoms with Crippen LogP contribution in [0.15, 0.2) is 22.7 Å². The number of rotatable bonds is 8. The van der Waals surface area contributed by atoms with Crippen LogP contribution in [-0.2, 0) is 4.74 Å². The summed E-state index contributed by atoms with van der Waals surface area (Å²) < 4.78 is 6.40. The summed E-state index contributed by atoms with van der Waals surface area (Å²) in [6.07, 6.45) is 0. The first-order chi connectivity index (χ1) is 9.13. The fourth-order valence-electron chi connectivity index (χ4n) is 2.10. The molecule has 1 atom stereocenters. The molecule has 1 rings (SSSR count). The zero-order chi connectivity index (χ0) is 14.3. The van der Waals surface area contributed by atoms with Gasteiger partial charge in [0.05, 0.1) is 6.61 Å². The predicted octanol–water partition coefficient (Wildman–Crippen LogP) is 3.46. The first-order valence-electron chi connectivity index (χ1n) is 6.60. The molecule has 5 heteroatoms. The van der Waals surface area contributed by atoms with Gasteiger partial charge < -0.3 is 10.5 Å². The number of benzene rings is 1. The van der Waals surface area contributed by atoms with Crippen LogP contribution in [0.4, 0.5) is 0 Å². The van der Waals surface area contributed by atoms with Gasteiger partial charge in [-0.1, -0.05) is 40.5 Å². The maximum absolute atomic E-state index is 6.32. The molecule has 2 N–H and O–H groups in total. The van der Waals surface area contributed by atoms with E-state index in [2.05, 4.69) is 27.8 Å². The van der Waals surface area contributed by atoms with Gasteiger partial charge in [-0.2, -0.15) is 0 Å². The SMILES string of the molecule is CCOCCN(CC)C(CN)c1ccc(Br)cc1Cl. The summed E-state index contributed by atoms with van der Waals surface area (Å²) >= 11 is 9.75. The molecule has 1 unspecified atom stereocenters. The molecule has 0 saturated heterocycles. The molecule has 0 saturated carbocycles. The molecular formula is C14H22BrClN2O. The predicted molar refractivity (Wildman–Crippen MR) is 84.7 cm³/mol. The molecule has 0 heterocycles. The fourth-order valence-corrected chi connectivity index (χ4v) is 2.90. The highest BCUT2D eigenvalue weighted by molar-refractivity contribution is 9.10. The van der Waals surface area contributed by atoms with E-state index in [4.69, 9.17) is 22.1 Å². The zero-order valence-electron chi connectivity index (χ0n) is 11.5. The Morgan fingerprint density at radius 2 is 2.16 bits per heavy atom. The summed E-state index contributed by atoms with van der Waals surface area (Å²) in [5.74, 6) is 0. The summed E-state index contributed by atoms with van der Waals surface area (Å²) in [6, 6.07) is 6.08. The lowest BCUT2D eigenvalue weighted by Crippen LogP contribution is -2.36. The van der Waals surface area contributed by atoms with Crippen molar-refractivity contribution < 1.29 is 4.74 Å². The summed E-state index contributed by atoms with van der Waals surface area (Å²) in [5, 5.41) is 0.750. The topological polar surface area (TPSA) is 38.5 Å². The molecule has 0 aliphatic heterocycles. The van der Waals surface area contributed by atoms with Gasteiger partial charge in [-0.05, 0) is 31.2 Å². The van der Waals surface area contributed by atoms with Crippen molar-refractivity contribution in [3.63, 3.8) is 0 Å². The van der Waals surface area contributed by atoms with E-state index in [1.54, 1.807) is 0 Å². The van der Waals surface area contributed by atoms with E-state index < -0.39 is 0 Å². The van der Waals surface area contributed by atoms with Crippen molar-refractivity contribution in [2.45, 2.75) is 19.9 Å². The minimum atomic E-state index is 0.131. The number of hydrogen-bond donors (Lipinski definition) is 1. The van der Waals surface area contributed by atoms with Crippen molar-refractivity contribution in [3.05, 3.63) is 33.3 Å². The van der Waals surface area contributed by atoms with Crippen molar-refractivity contribution in [1.82, 2.24) is 4.90 Å². The third-order valence-electron chi connectivity index (χ3n) is 3.12. The molecule has 0 bridgehead atoms. The van der Waals surface area contributed by atoms with E-state index in [9.17, 15) is 0 Å². The summed E-state index contributed by atoms with van der Waals surface area (Å²) in [6.45, 7) is 7.91. The molecule has 0 fully saturated rings. The lowest BCUT2D eigenvalue weighted by molar-refractivity contribution is 0.0981. The van der Waals surface area contributed by atoms with E-state index in [1.807, 2.05) is 25.1 Å². The maximum Gasteiger partial charge on any atom is 0.0593 e. The van der Waals surface area contributed by atoms with Crippen LogP contribution in [0.2, 0.25) is 5.02 Å². The maximum atomic E-state index is 6.32. The lowest BCUT2D eigenvalue weighted by atomic mass is 10.1. The van der Waals surface area contributed by atoms with Crippen molar-refractivity contribution >= 4 is 27.5 Å². The van der Waals surface area contributed by atoms with Gasteiger partial charge in [0.1, 0.15) is 0 Å². The number of likely N-dealkylation sites (N-methyl/N-ethyl adjacent to an activating group) is 1. The normalized spacial score (nSPS) is 12.9. The quantitative estimate of drug-likeness (QED) is 0.730. The van der Waals surface area contributed by atoms with E-state index in [1.165, 1.54) is 0 Å². The smallest absolute Gasteiger partial charge is 0.0593 e. The second-order valence-corrected chi connectivity index (χ2v) is 5.57. The van der Waals surface area contributed by atoms with E-state index >= 15 is 0 Å². The second-order valence-electron chi connectivity index (χ2n) is 4.24. The highest BCUT2D eigenvalue weighted by Gasteiger charge is 2.19. The van der Waals surface area contributed by atoms with Gasteiger partial charge in [-0.25, -0.2) is 0 Å². The van der Waals surface area contributed by atoms with Gasteiger partial charge in [-0.3, -0.25) is 4.90 Å². The molecule has 3 nitrogen and oxygen atoms in total. The minimum Gasteiger partial charge on any atom is -0.380 e. The third kappa shape index (κ3) is 5.04. The molecule has 0 spiro atoms. The summed E-state index contributed by atoms with van der Waals surface area (Å²) in [7, 11) is 0. The Labute approximate surface area is 129 Å². The van der Waals surface area contributed by atoms with Crippen LogP contribution in [0.1, 0.15) is 25.5 Å². The Kier molecular flexibility index (Phi) is 7.95. The van der Waals surface area contributed by atoms with Crippen molar-refractivity contribution in [3.8, 4) is 0 Å². The number of halogens is 2. The molecule has 0 aromatic heterocycles. The largest absolute Gasteiger partial charge is 0.380 e. The molecule has 0 amide bonds. The van der Waals surface area contributed by atoms with Crippen LogP contribution in [0, 0.1) is 0 Å². The fraction of sp³-hybridized carbons (Fsp3) is 0.571. The number of hydrogen-bond acceptors (Lipinski definition) is 3. The van der Waals surface area contributed by atoms with Crippen LogP contribution >= 0.6 is 27.5 Å². The molecule has 108 valence electrons. The molecule has 1 aromatic carbocycles.